The minimum Gasteiger partial charge on any atom is -0.478 e. The SMILES string of the molecule is CSCCCN(C)c1ccc(/C=C/C(=O)O)cc1Cl. The second-order valence-corrected chi connectivity index (χ2v) is 5.54. The summed E-state index contributed by atoms with van der Waals surface area (Å²) < 4.78 is 0. The summed E-state index contributed by atoms with van der Waals surface area (Å²) in [6.45, 7) is 0.949. The fourth-order valence-electron chi connectivity index (χ4n) is 1.67. The van der Waals surface area contributed by atoms with Crippen molar-refractivity contribution in [2.75, 3.05) is 30.5 Å². The van der Waals surface area contributed by atoms with Gasteiger partial charge in [0.15, 0.2) is 0 Å². The molecule has 0 aliphatic carbocycles. The van der Waals surface area contributed by atoms with Crippen LogP contribution in [-0.2, 0) is 4.79 Å². The van der Waals surface area contributed by atoms with Crippen molar-refractivity contribution in [3.8, 4) is 0 Å². The van der Waals surface area contributed by atoms with Crippen molar-refractivity contribution >= 4 is 41.1 Å². The zero-order valence-electron chi connectivity index (χ0n) is 11.1. The molecule has 0 unspecified atom stereocenters. The van der Waals surface area contributed by atoms with Crippen molar-refractivity contribution in [2.24, 2.45) is 0 Å². The first-order valence-electron chi connectivity index (χ1n) is 5.95. The van der Waals surface area contributed by atoms with Crippen molar-refractivity contribution < 1.29 is 9.90 Å². The molecule has 1 N–H and O–H groups in total. The van der Waals surface area contributed by atoms with E-state index in [1.54, 1.807) is 6.07 Å². The van der Waals surface area contributed by atoms with Gasteiger partial charge >= 0.3 is 5.97 Å². The molecule has 104 valence electrons. The van der Waals surface area contributed by atoms with Crippen LogP contribution in [0.3, 0.4) is 0 Å². The molecule has 0 bridgehead atoms. The molecule has 0 spiro atoms. The Morgan fingerprint density at radius 2 is 2.26 bits per heavy atom. The molecule has 3 nitrogen and oxygen atoms in total. The first-order valence-corrected chi connectivity index (χ1v) is 7.72. The van der Waals surface area contributed by atoms with Crippen molar-refractivity contribution in [3.05, 3.63) is 34.9 Å². The Morgan fingerprint density at radius 1 is 1.53 bits per heavy atom. The number of hydrogen-bond acceptors (Lipinski definition) is 3. The minimum absolute atomic E-state index is 0.638. The quantitative estimate of drug-likeness (QED) is 0.616. The molecule has 0 radical (unpaired) electrons. The lowest BCUT2D eigenvalue weighted by Gasteiger charge is -2.20. The smallest absolute Gasteiger partial charge is 0.328 e. The first-order chi connectivity index (χ1) is 9.04. The molecule has 1 aromatic rings. The van der Waals surface area contributed by atoms with Crippen molar-refractivity contribution in [1.29, 1.82) is 0 Å². The molecule has 1 rings (SSSR count). The van der Waals surface area contributed by atoms with Gasteiger partial charge in [-0.3, -0.25) is 0 Å². The van der Waals surface area contributed by atoms with E-state index >= 15 is 0 Å². The maximum atomic E-state index is 10.4. The summed E-state index contributed by atoms with van der Waals surface area (Å²) in [5, 5.41) is 9.22. The molecule has 0 aliphatic rings. The predicted molar refractivity (Wildman–Crippen MR) is 84.4 cm³/mol. The van der Waals surface area contributed by atoms with Gasteiger partial charge in [-0.2, -0.15) is 11.8 Å². The second kappa shape index (κ2) is 8.12. The Balaban J connectivity index is 2.73. The summed E-state index contributed by atoms with van der Waals surface area (Å²) in [4.78, 5) is 12.6. The highest BCUT2D eigenvalue weighted by molar-refractivity contribution is 7.98. The van der Waals surface area contributed by atoms with Crippen LogP contribution in [-0.4, -0.2) is 36.7 Å². The van der Waals surface area contributed by atoms with Gasteiger partial charge in [0.1, 0.15) is 0 Å². The number of carboxylic acids is 1. The van der Waals surface area contributed by atoms with E-state index in [1.165, 1.54) is 6.08 Å². The molecular weight excluding hydrogens is 282 g/mol. The predicted octanol–water partition coefficient (Wildman–Crippen LogP) is 3.63. The summed E-state index contributed by atoms with van der Waals surface area (Å²) in [7, 11) is 2.01. The zero-order chi connectivity index (χ0) is 14.3. The molecule has 0 amide bonds. The Morgan fingerprint density at radius 3 is 2.84 bits per heavy atom. The van der Waals surface area contributed by atoms with E-state index in [2.05, 4.69) is 11.2 Å². The third-order valence-corrected chi connectivity index (χ3v) is 3.64. The number of halogens is 1. The highest BCUT2D eigenvalue weighted by Crippen LogP contribution is 2.26. The Hall–Kier alpha value is -1.13. The van der Waals surface area contributed by atoms with Gasteiger partial charge in [-0.05, 0) is 42.2 Å². The number of thioether (sulfide) groups is 1. The number of carboxylic acid groups (broad SMARTS) is 1. The fraction of sp³-hybridized carbons (Fsp3) is 0.357. The average Bonchev–Trinajstić information content (AvgIpc) is 2.36. The molecule has 0 saturated heterocycles. The molecule has 0 aliphatic heterocycles. The van der Waals surface area contributed by atoms with Gasteiger partial charge in [0, 0.05) is 19.7 Å². The van der Waals surface area contributed by atoms with Crippen LogP contribution in [0.5, 0.6) is 0 Å². The summed E-state index contributed by atoms with van der Waals surface area (Å²) in [5.74, 6) is 0.163. The fourth-order valence-corrected chi connectivity index (χ4v) is 2.42. The Kier molecular flexibility index (Phi) is 6.81. The highest BCUT2D eigenvalue weighted by Gasteiger charge is 2.06. The van der Waals surface area contributed by atoms with E-state index in [0.29, 0.717) is 5.02 Å². The van der Waals surface area contributed by atoms with E-state index in [9.17, 15) is 4.79 Å². The maximum Gasteiger partial charge on any atom is 0.328 e. The van der Waals surface area contributed by atoms with Gasteiger partial charge in [0.05, 0.1) is 10.7 Å². The summed E-state index contributed by atoms with van der Waals surface area (Å²) in [6.07, 6.45) is 5.84. The summed E-state index contributed by atoms with van der Waals surface area (Å²) in [6, 6.07) is 5.57. The molecule has 0 fully saturated rings. The van der Waals surface area contributed by atoms with E-state index in [4.69, 9.17) is 16.7 Å². The van der Waals surface area contributed by atoms with Gasteiger partial charge in [-0.1, -0.05) is 17.7 Å². The van der Waals surface area contributed by atoms with Crippen LogP contribution < -0.4 is 4.90 Å². The van der Waals surface area contributed by atoms with Gasteiger partial charge < -0.3 is 10.0 Å². The normalized spacial score (nSPS) is 10.9. The van der Waals surface area contributed by atoms with E-state index in [-0.39, 0.29) is 0 Å². The number of anilines is 1. The molecule has 0 aromatic heterocycles. The van der Waals surface area contributed by atoms with E-state index < -0.39 is 5.97 Å². The first kappa shape index (κ1) is 15.9. The van der Waals surface area contributed by atoms with Crippen LogP contribution in [0.1, 0.15) is 12.0 Å². The number of nitrogens with zero attached hydrogens (tertiary/aromatic N) is 1. The average molecular weight is 300 g/mol. The lowest BCUT2D eigenvalue weighted by atomic mass is 10.2. The van der Waals surface area contributed by atoms with E-state index in [0.717, 1.165) is 36.0 Å². The molecule has 5 heteroatoms. The number of aliphatic carboxylic acids is 1. The number of rotatable bonds is 7. The minimum atomic E-state index is -0.964. The number of hydrogen-bond donors (Lipinski definition) is 1. The molecular formula is C14H18ClNO2S. The number of benzene rings is 1. The largest absolute Gasteiger partial charge is 0.478 e. The molecule has 1 aromatic carbocycles. The summed E-state index contributed by atoms with van der Waals surface area (Å²) in [5.41, 5.74) is 1.75. The van der Waals surface area contributed by atoms with Crippen LogP contribution in [0.15, 0.2) is 24.3 Å². The maximum absolute atomic E-state index is 10.4. The van der Waals surface area contributed by atoms with Crippen LogP contribution in [0.25, 0.3) is 6.08 Å². The third kappa shape index (κ3) is 5.57. The molecule has 0 heterocycles. The van der Waals surface area contributed by atoms with Crippen LogP contribution in [0, 0.1) is 0 Å². The van der Waals surface area contributed by atoms with Crippen LogP contribution in [0.2, 0.25) is 5.02 Å². The van der Waals surface area contributed by atoms with Gasteiger partial charge in [-0.15, -0.1) is 0 Å². The lowest BCUT2D eigenvalue weighted by Crippen LogP contribution is -2.19. The van der Waals surface area contributed by atoms with Crippen molar-refractivity contribution in [3.63, 3.8) is 0 Å². The Labute approximate surface area is 123 Å². The monoisotopic (exact) mass is 299 g/mol. The highest BCUT2D eigenvalue weighted by atomic mass is 35.5. The molecule has 0 saturated carbocycles. The zero-order valence-corrected chi connectivity index (χ0v) is 12.7. The Bertz CT molecular complexity index is 463. The van der Waals surface area contributed by atoms with Crippen LogP contribution in [0.4, 0.5) is 5.69 Å². The number of carbonyl (C=O) groups is 1. The topological polar surface area (TPSA) is 40.5 Å². The van der Waals surface area contributed by atoms with E-state index in [1.807, 2.05) is 30.9 Å². The van der Waals surface area contributed by atoms with Crippen molar-refractivity contribution in [1.82, 2.24) is 0 Å². The third-order valence-electron chi connectivity index (χ3n) is 2.64. The molecule has 19 heavy (non-hydrogen) atoms. The standard InChI is InChI=1S/C14H18ClNO2S/c1-16(8-3-9-19-2)13-6-4-11(10-12(13)15)5-7-14(17)18/h4-7,10H,3,8-9H2,1-2H3,(H,17,18)/b7-5+. The lowest BCUT2D eigenvalue weighted by molar-refractivity contribution is -0.131. The second-order valence-electron chi connectivity index (χ2n) is 4.15. The van der Waals surface area contributed by atoms with Gasteiger partial charge in [0.25, 0.3) is 0 Å². The van der Waals surface area contributed by atoms with Crippen LogP contribution >= 0.6 is 23.4 Å². The van der Waals surface area contributed by atoms with Gasteiger partial charge in [0.2, 0.25) is 0 Å². The van der Waals surface area contributed by atoms with Crippen molar-refractivity contribution in [2.45, 2.75) is 6.42 Å². The summed E-state index contributed by atoms with van der Waals surface area (Å²) >= 11 is 8.05. The molecule has 0 atom stereocenters. The van der Waals surface area contributed by atoms with Gasteiger partial charge in [-0.25, -0.2) is 4.79 Å².